The van der Waals surface area contributed by atoms with Gasteiger partial charge in [-0.1, -0.05) is 41.3 Å². The van der Waals surface area contributed by atoms with Crippen molar-refractivity contribution >= 4 is 58.2 Å². The molecule has 1 aromatic heterocycles. The van der Waals surface area contributed by atoms with Crippen LogP contribution in [0.25, 0.3) is 0 Å². The third-order valence-corrected chi connectivity index (χ3v) is 10.9. The van der Waals surface area contributed by atoms with E-state index in [0.717, 1.165) is 35.2 Å². The molecule has 3 aromatic carbocycles. The first-order valence-electron chi connectivity index (χ1n) is 15.1. The number of imide groups is 1. The molecule has 11 nitrogen and oxygen atoms in total. The summed E-state index contributed by atoms with van der Waals surface area (Å²) < 4.78 is 59.2. The molecule has 3 heterocycles. The lowest BCUT2D eigenvalue weighted by Crippen LogP contribution is -2.33. The molecule has 3 unspecified atom stereocenters. The molecule has 16 heteroatoms. The number of fused-ring (bicyclic) bond motifs is 2. The fourth-order valence-corrected chi connectivity index (χ4v) is 8.83. The number of nitrogens with one attached hydrogen (secondary N) is 1. The predicted molar refractivity (Wildman–Crippen MR) is 178 cm³/mol. The zero-order valence-electron chi connectivity index (χ0n) is 26.6. The van der Waals surface area contributed by atoms with Crippen LogP contribution in [0, 0.1) is 5.92 Å². The Morgan fingerprint density at radius 2 is 1.62 bits per heavy atom. The summed E-state index contributed by atoms with van der Waals surface area (Å²) in [6, 6.07) is 15.1. The highest BCUT2D eigenvalue weighted by molar-refractivity contribution is 8.00. The number of para-hydroxylation sites is 1. The highest BCUT2D eigenvalue weighted by Gasteiger charge is 2.58. The second kappa shape index (κ2) is 13.7. The van der Waals surface area contributed by atoms with Crippen molar-refractivity contribution in [1.82, 2.24) is 4.57 Å². The Morgan fingerprint density at radius 3 is 2.28 bits per heavy atom. The topological polar surface area (TPSA) is 133 Å². The maximum Gasteiger partial charge on any atom is 0.418 e. The van der Waals surface area contributed by atoms with E-state index < -0.39 is 69.6 Å². The minimum absolute atomic E-state index is 0.197. The van der Waals surface area contributed by atoms with Gasteiger partial charge >= 0.3 is 17.0 Å². The van der Waals surface area contributed by atoms with Crippen molar-refractivity contribution in [2.24, 2.45) is 5.92 Å². The van der Waals surface area contributed by atoms with Gasteiger partial charge in [-0.15, -0.1) is 0 Å². The van der Waals surface area contributed by atoms with E-state index in [9.17, 15) is 37.1 Å². The zero-order valence-corrected chi connectivity index (χ0v) is 28.2. The lowest BCUT2D eigenvalue weighted by Gasteiger charge is -2.31. The Morgan fingerprint density at radius 1 is 0.920 bits per heavy atom. The summed E-state index contributed by atoms with van der Waals surface area (Å²) in [5, 5.41) is 1.68. The summed E-state index contributed by atoms with van der Waals surface area (Å²) in [7, 11) is 2.84. The number of thiazole rings is 1. The first kappa shape index (κ1) is 34.8. The lowest BCUT2D eigenvalue weighted by molar-refractivity contribution is -0.137. The molecule has 0 aliphatic carbocycles. The van der Waals surface area contributed by atoms with Gasteiger partial charge in [0.15, 0.2) is 11.5 Å². The monoisotopic (exact) mass is 727 g/mol. The SMILES string of the molecule is CCOC(=O)c1ccc(NC(=O)Cn2c3c(sc2=O)C(c2ccc(OC)c(OC)c2)C2C(=O)N(c4ccccc4C(F)(F)F)C(=O)C2S3)cc1. The number of hydrogen-bond acceptors (Lipinski definition) is 10. The Balaban J connectivity index is 1.40. The normalized spacial score (nSPS) is 18.4. The molecule has 0 spiro atoms. The van der Waals surface area contributed by atoms with Crippen LogP contribution in [0.2, 0.25) is 0 Å². The molecule has 0 bridgehead atoms. The van der Waals surface area contributed by atoms with E-state index in [1.807, 2.05) is 0 Å². The Bertz CT molecular complexity index is 2060. The number of anilines is 2. The van der Waals surface area contributed by atoms with Gasteiger partial charge in [0.2, 0.25) is 17.7 Å². The highest BCUT2D eigenvalue weighted by Crippen LogP contribution is 2.55. The van der Waals surface area contributed by atoms with Crippen LogP contribution in [0.5, 0.6) is 11.5 Å². The van der Waals surface area contributed by atoms with Crippen LogP contribution < -0.4 is 24.6 Å². The number of halogens is 3. The number of amides is 3. The number of rotatable bonds is 9. The summed E-state index contributed by atoms with van der Waals surface area (Å²) in [5.41, 5.74) is -0.669. The van der Waals surface area contributed by atoms with E-state index in [-0.39, 0.29) is 22.9 Å². The minimum Gasteiger partial charge on any atom is -0.493 e. The molecule has 3 atom stereocenters. The number of ether oxygens (including phenoxy) is 3. The molecule has 2 aliphatic heterocycles. The van der Waals surface area contributed by atoms with Crippen molar-refractivity contribution in [2.45, 2.75) is 35.8 Å². The quantitative estimate of drug-likeness (QED) is 0.174. The number of aromatic nitrogens is 1. The third kappa shape index (κ3) is 6.24. The molecule has 6 rings (SSSR count). The van der Waals surface area contributed by atoms with E-state index >= 15 is 0 Å². The summed E-state index contributed by atoms with van der Waals surface area (Å²) in [6.45, 7) is 1.40. The summed E-state index contributed by atoms with van der Waals surface area (Å²) in [5.74, 6) is -4.37. The number of carbonyl (C=O) groups excluding carboxylic acids is 4. The number of nitrogens with zero attached hydrogens (tertiary/aromatic N) is 2. The molecule has 50 heavy (non-hydrogen) atoms. The molecule has 2 aliphatic rings. The number of thioether (sulfide) groups is 1. The van der Waals surface area contributed by atoms with Gasteiger partial charge in [0, 0.05) is 16.5 Å². The summed E-state index contributed by atoms with van der Waals surface area (Å²) >= 11 is 1.64. The van der Waals surface area contributed by atoms with Crippen LogP contribution in [0.15, 0.2) is 76.6 Å². The number of hydrogen-bond donors (Lipinski definition) is 1. The maximum atomic E-state index is 14.2. The number of esters is 1. The fourth-order valence-electron chi connectivity index (χ4n) is 6.05. The van der Waals surface area contributed by atoms with E-state index in [2.05, 4.69) is 5.32 Å². The molecule has 1 fully saturated rings. The average Bonchev–Trinajstić information content (AvgIpc) is 3.53. The largest absolute Gasteiger partial charge is 0.493 e. The Hall–Kier alpha value is -5.09. The predicted octanol–water partition coefficient (Wildman–Crippen LogP) is 5.56. The van der Waals surface area contributed by atoms with Crippen molar-refractivity contribution in [3.8, 4) is 11.5 Å². The van der Waals surface area contributed by atoms with E-state index in [1.54, 1.807) is 25.1 Å². The standard InChI is InChI=1S/C34H28F3N3O8S2/c1-4-48-32(44)17-9-12-19(13-10-17)38-24(41)16-39-31-28(50-33(39)45)25(18-11-14-22(46-2)23(15-18)47-3)26-27(49-31)30(43)40(29(26)42)21-8-6-5-7-20(21)34(35,36)37/h5-15,25-27H,4,16H2,1-3H3,(H,38,41). The van der Waals surface area contributed by atoms with Crippen LogP contribution in [-0.4, -0.2) is 54.3 Å². The maximum absolute atomic E-state index is 14.2. The van der Waals surface area contributed by atoms with E-state index in [4.69, 9.17) is 14.2 Å². The lowest BCUT2D eigenvalue weighted by atomic mass is 9.83. The summed E-state index contributed by atoms with van der Waals surface area (Å²) in [6.07, 6.45) is -4.85. The minimum atomic E-state index is -4.85. The first-order valence-corrected chi connectivity index (χ1v) is 16.8. The molecule has 0 saturated carbocycles. The molecule has 1 N–H and O–H groups in total. The summed E-state index contributed by atoms with van der Waals surface area (Å²) in [4.78, 5) is 67.3. The van der Waals surface area contributed by atoms with Crippen molar-refractivity contribution in [1.29, 1.82) is 0 Å². The Labute approximate surface area is 290 Å². The van der Waals surface area contributed by atoms with Gasteiger partial charge in [-0.25, -0.2) is 9.69 Å². The second-order valence-electron chi connectivity index (χ2n) is 11.2. The molecule has 0 radical (unpaired) electrons. The van der Waals surface area contributed by atoms with Gasteiger partial charge in [0.05, 0.1) is 48.6 Å². The van der Waals surface area contributed by atoms with E-state index in [0.29, 0.717) is 26.8 Å². The highest BCUT2D eigenvalue weighted by atomic mass is 32.2. The van der Waals surface area contributed by atoms with Gasteiger partial charge in [0.25, 0.3) is 0 Å². The molecule has 1 saturated heterocycles. The van der Waals surface area contributed by atoms with Gasteiger partial charge in [0.1, 0.15) is 11.8 Å². The van der Waals surface area contributed by atoms with Gasteiger partial charge in [-0.05, 0) is 61.0 Å². The van der Waals surface area contributed by atoms with Crippen LogP contribution in [-0.2, 0) is 31.8 Å². The molecular formula is C34H28F3N3O8S2. The van der Waals surface area contributed by atoms with Crippen molar-refractivity contribution in [3.05, 3.63) is 98.0 Å². The average molecular weight is 728 g/mol. The number of carbonyl (C=O) groups is 4. The van der Waals surface area contributed by atoms with Crippen LogP contribution in [0.1, 0.15) is 39.2 Å². The van der Waals surface area contributed by atoms with Gasteiger partial charge in [-0.2, -0.15) is 13.2 Å². The van der Waals surface area contributed by atoms with Crippen molar-refractivity contribution in [2.75, 3.05) is 31.0 Å². The van der Waals surface area contributed by atoms with Crippen LogP contribution >= 0.6 is 23.1 Å². The molecular weight excluding hydrogens is 700 g/mol. The second-order valence-corrected chi connectivity index (χ2v) is 13.3. The number of benzene rings is 3. The third-order valence-electron chi connectivity index (χ3n) is 8.25. The first-order chi connectivity index (χ1) is 23.9. The van der Waals surface area contributed by atoms with E-state index in [1.165, 1.54) is 55.2 Å². The smallest absolute Gasteiger partial charge is 0.418 e. The van der Waals surface area contributed by atoms with Crippen molar-refractivity contribution in [3.63, 3.8) is 0 Å². The number of alkyl halides is 3. The van der Waals surface area contributed by atoms with Gasteiger partial charge in [-0.3, -0.25) is 23.7 Å². The zero-order chi connectivity index (χ0) is 35.9. The Kier molecular flexibility index (Phi) is 9.50. The van der Waals surface area contributed by atoms with Crippen LogP contribution in [0.3, 0.4) is 0 Å². The fraction of sp³-hybridized carbons (Fsp3) is 0.265. The van der Waals surface area contributed by atoms with Crippen molar-refractivity contribution < 1.29 is 46.6 Å². The number of methoxy groups -OCH3 is 2. The van der Waals surface area contributed by atoms with Gasteiger partial charge < -0.3 is 19.5 Å². The molecule has 4 aromatic rings. The van der Waals surface area contributed by atoms with Crippen LogP contribution in [0.4, 0.5) is 24.5 Å². The molecule has 3 amide bonds. The molecule has 260 valence electrons.